The molecule has 6 nitrogen and oxygen atoms in total. The summed E-state index contributed by atoms with van der Waals surface area (Å²) in [6, 6.07) is 0. The number of nitrogens with one attached hydrogen (secondary N) is 1. The molecule has 2 aromatic heterocycles. The molecule has 0 aliphatic carbocycles. The van der Waals surface area contributed by atoms with Gasteiger partial charge in [0.2, 0.25) is 0 Å². The van der Waals surface area contributed by atoms with Gasteiger partial charge in [0.1, 0.15) is 0 Å². The van der Waals surface area contributed by atoms with Crippen LogP contribution in [0.15, 0.2) is 31.4 Å². The first-order chi connectivity index (χ1) is 10.2. The van der Waals surface area contributed by atoms with Crippen LogP contribution in [0, 0.1) is 0 Å². The van der Waals surface area contributed by atoms with Crippen molar-refractivity contribution < 1.29 is 0 Å². The van der Waals surface area contributed by atoms with Crippen molar-refractivity contribution in [1.29, 1.82) is 0 Å². The van der Waals surface area contributed by atoms with Gasteiger partial charge in [0.25, 0.3) is 0 Å². The molecule has 2 aromatic rings. The maximum atomic E-state index is 4.38. The molecule has 2 heterocycles. The third-order valence-electron chi connectivity index (χ3n) is 3.51. The molecule has 0 aromatic carbocycles. The van der Waals surface area contributed by atoms with E-state index >= 15 is 0 Å². The third kappa shape index (κ3) is 4.46. The Bertz CT molecular complexity index is 552. The van der Waals surface area contributed by atoms with Crippen LogP contribution in [-0.4, -0.2) is 44.1 Å². The van der Waals surface area contributed by atoms with Crippen LogP contribution in [0.5, 0.6) is 0 Å². The predicted molar refractivity (Wildman–Crippen MR) is 86.0 cm³/mol. The molecular weight excluding hydrogens is 264 g/mol. The van der Waals surface area contributed by atoms with Crippen LogP contribution in [0.1, 0.15) is 19.4 Å². The van der Waals surface area contributed by atoms with Crippen molar-refractivity contribution in [3.05, 3.63) is 36.9 Å². The molecule has 1 N–H and O–H groups in total. The van der Waals surface area contributed by atoms with E-state index in [0.29, 0.717) is 0 Å². The van der Waals surface area contributed by atoms with Crippen LogP contribution in [0.3, 0.4) is 0 Å². The minimum atomic E-state index is 0.732. The Labute approximate surface area is 126 Å². The van der Waals surface area contributed by atoms with Crippen LogP contribution >= 0.6 is 0 Å². The average molecular weight is 288 g/mol. The summed E-state index contributed by atoms with van der Waals surface area (Å²) < 4.78 is 3.68. The largest absolute Gasteiger partial charge is 0.378 e. The van der Waals surface area contributed by atoms with Gasteiger partial charge in [-0.05, 0) is 13.1 Å². The second kappa shape index (κ2) is 7.64. The average Bonchev–Trinajstić information content (AvgIpc) is 3.15. The highest BCUT2D eigenvalue weighted by Crippen LogP contribution is 2.08. The van der Waals surface area contributed by atoms with Crippen LogP contribution in [0.2, 0.25) is 0 Å². The molecule has 114 valence electrons. The van der Waals surface area contributed by atoms with E-state index in [1.165, 1.54) is 0 Å². The number of anilines is 1. The standard InChI is InChI=1S/C15H24N6/c1-4-19(5-2)7-8-21-13-15(11-18-21)16-9-14-10-17-20(6-3)12-14/h6,10-13,16H,3-5,7-9H2,1-2H3. The van der Waals surface area contributed by atoms with Crippen molar-refractivity contribution in [3.63, 3.8) is 0 Å². The Kier molecular flexibility index (Phi) is 5.57. The Hall–Kier alpha value is -2.08. The summed E-state index contributed by atoms with van der Waals surface area (Å²) in [5, 5.41) is 11.9. The lowest BCUT2D eigenvalue weighted by Crippen LogP contribution is -2.27. The second-order valence-corrected chi connectivity index (χ2v) is 4.88. The van der Waals surface area contributed by atoms with E-state index in [0.717, 1.165) is 44.0 Å². The second-order valence-electron chi connectivity index (χ2n) is 4.88. The minimum Gasteiger partial charge on any atom is -0.378 e. The highest BCUT2D eigenvalue weighted by molar-refractivity contribution is 5.38. The monoisotopic (exact) mass is 288 g/mol. The molecule has 21 heavy (non-hydrogen) atoms. The van der Waals surface area contributed by atoms with E-state index in [4.69, 9.17) is 0 Å². The molecule has 0 atom stereocenters. The zero-order valence-electron chi connectivity index (χ0n) is 12.9. The van der Waals surface area contributed by atoms with Crippen molar-refractivity contribution in [2.45, 2.75) is 26.9 Å². The predicted octanol–water partition coefficient (Wildman–Crippen LogP) is 2.13. The fourth-order valence-electron chi connectivity index (χ4n) is 2.13. The molecule has 0 fully saturated rings. The first-order valence-electron chi connectivity index (χ1n) is 7.39. The van der Waals surface area contributed by atoms with E-state index in [1.807, 2.05) is 29.5 Å². The van der Waals surface area contributed by atoms with Crippen molar-refractivity contribution in [2.75, 3.05) is 25.0 Å². The molecule has 0 radical (unpaired) electrons. The molecule has 0 spiro atoms. The van der Waals surface area contributed by atoms with Gasteiger partial charge in [0.05, 0.1) is 24.6 Å². The fourth-order valence-corrected chi connectivity index (χ4v) is 2.13. The molecule has 0 aliphatic heterocycles. The molecule has 0 bridgehead atoms. The van der Waals surface area contributed by atoms with Crippen LogP contribution in [0.4, 0.5) is 5.69 Å². The van der Waals surface area contributed by atoms with Gasteiger partial charge in [0, 0.05) is 37.2 Å². The normalized spacial score (nSPS) is 11.0. The van der Waals surface area contributed by atoms with Crippen molar-refractivity contribution in [2.24, 2.45) is 0 Å². The fraction of sp³-hybridized carbons (Fsp3) is 0.467. The molecule has 2 rings (SSSR count). The van der Waals surface area contributed by atoms with Gasteiger partial charge < -0.3 is 10.2 Å². The van der Waals surface area contributed by atoms with Gasteiger partial charge in [-0.2, -0.15) is 10.2 Å². The summed E-state index contributed by atoms with van der Waals surface area (Å²) in [6.07, 6.45) is 9.36. The van der Waals surface area contributed by atoms with Gasteiger partial charge in [-0.3, -0.25) is 4.68 Å². The molecule has 0 saturated heterocycles. The van der Waals surface area contributed by atoms with E-state index in [9.17, 15) is 0 Å². The van der Waals surface area contributed by atoms with Gasteiger partial charge >= 0.3 is 0 Å². The number of hydrogen-bond donors (Lipinski definition) is 1. The lowest BCUT2D eigenvalue weighted by atomic mass is 10.3. The number of rotatable bonds is 9. The number of aromatic nitrogens is 4. The molecule has 0 aliphatic rings. The minimum absolute atomic E-state index is 0.732. The maximum Gasteiger partial charge on any atom is 0.0729 e. The lowest BCUT2D eigenvalue weighted by Gasteiger charge is -2.17. The van der Waals surface area contributed by atoms with Crippen LogP contribution < -0.4 is 5.32 Å². The molecule has 0 saturated carbocycles. The number of nitrogens with zero attached hydrogens (tertiary/aromatic N) is 5. The quantitative estimate of drug-likeness (QED) is 0.768. The number of likely N-dealkylation sites (N-methyl/N-ethyl adjacent to an activating group) is 1. The summed E-state index contributed by atoms with van der Waals surface area (Å²) in [5.74, 6) is 0. The zero-order chi connectivity index (χ0) is 15.1. The Morgan fingerprint density at radius 2 is 2.05 bits per heavy atom. The summed E-state index contributed by atoms with van der Waals surface area (Å²) >= 11 is 0. The molecule has 6 heteroatoms. The van der Waals surface area contributed by atoms with Crippen LogP contribution in [0.25, 0.3) is 6.20 Å². The van der Waals surface area contributed by atoms with Crippen molar-refractivity contribution >= 4 is 11.9 Å². The highest BCUT2D eigenvalue weighted by Gasteiger charge is 2.02. The first kappa shape index (κ1) is 15.3. The summed E-state index contributed by atoms with van der Waals surface area (Å²) in [7, 11) is 0. The topological polar surface area (TPSA) is 50.9 Å². The van der Waals surface area contributed by atoms with E-state index in [1.54, 1.807) is 10.9 Å². The van der Waals surface area contributed by atoms with E-state index < -0.39 is 0 Å². The van der Waals surface area contributed by atoms with Gasteiger partial charge in [-0.15, -0.1) is 0 Å². The Balaban J connectivity index is 1.81. The van der Waals surface area contributed by atoms with Crippen molar-refractivity contribution in [1.82, 2.24) is 24.5 Å². The van der Waals surface area contributed by atoms with Gasteiger partial charge in [-0.25, -0.2) is 4.68 Å². The van der Waals surface area contributed by atoms with E-state index in [2.05, 4.69) is 40.8 Å². The Morgan fingerprint density at radius 1 is 1.24 bits per heavy atom. The smallest absolute Gasteiger partial charge is 0.0729 e. The third-order valence-corrected chi connectivity index (χ3v) is 3.51. The van der Waals surface area contributed by atoms with Gasteiger partial charge in [0.15, 0.2) is 0 Å². The maximum absolute atomic E-state index is 4.38. The molecular formula is C15H24N6. The lowest BCUT2D eigenvalue weighted by molar-refractivity contribution is 0.285. The molecule has 0 unspecified atom stereocenters. The van der Waals surface area contributed by atoms with Crippen LogP contribution in [-0.2, 0) is 13.1 Å². The Morgan fingerprint density at radius 3 is 2.71 bits per heavy atom. The number of hydrogen-bond acceptors (Lipinski definition) is 4. The van der Waals surface area contributed by atoms with Gasteiger partial charge in [-0.1, -0.05) is 20.4 Å². The van der Waals surface area contributed by atoms with E-state index in [-0.39, 0.29) is 0 Å². The SMILES string of the molecule is C=Cn1cc(CNc2cnn(CCN(CC)CC)c2)cn1. The summed E-state index contributed by atoms with van der Waals surface area (Å²) in [5.41, 5.74) is 2.15. The summed E-state index contributed by atoms with van der Waals surface area (Å²) in [4.78, 5) is 2.39. The highest BCUT2D eigenvalue weighted by atomic mass is 15.3. The zero-order valence-corrected chi connectivity index (χ0v) is 12.9. The first-order valence-corrected chi connectivity index (χ1v) is 7.39. The molecule has 0 amide bonds. The summed E-state index contributed by atoms with van der Waals surface area (Å²) in [6.45, 7) is 12.9. The van der Waals surface area contributed by atoms with Crippen molar-refractivity contribution in [3.8, 4) is 0 Å².